The molecule has 0 aromatic carbocycles. The monoisotopic (exact) mass is 365 g/mol. The number of hydrogen-bond donors (Lipinski definition) is 1. The van der Waals surface area contributed by atoms with E-state index in [0.717, 1.165) is 49.2 Å². The van der Waals surface area contributed by atoms with Crippen LogP contribution in [0.2, 0.25) is 0 Å². The van der Waals surface area contributed by atoms with Crippen LogP contribution in [0.3, 0.4) is 0 Å². The van der Waals surface area contributed by atoms with Gasteiger partial charge in [-0.3, -0.25) is 0 Å². The second-order valence-corrected chi connectivity index (χ2v) is 10.3. The molecule has 5 rings (SSSR count). The Bertz CT molecular complexity index is 423. The van der Waals surface area contributed by atoms with Crippen molar-refractivity contribution in [3.05, 3.63) is 0 Å². The molecule has 4 bridgehead atoms. The average Bonchev–Trinajstić information content (AvgIpc) is 2.52. The van der Waals surface area contributed by atoms with Gasteiger partial charge in [0.15, 0.2) is 0 Å². The Kier molecular flexibility index (Phi) is 5.95. The average molecular weight is 366 g/mol. The maximum absolute atomic E-state index is 10.3. The largest absolute Gasteiger partial charge is 0.389 e. The van der Waals surface area contributed by atoms with E-state index in [0.29, 0.717) is 19.8 Å². The number of piperidine rings is 1. The van der Waals surface area contributed by atoms with Gasteiger partial charge in [-0.15, -0.1) is 0 Å². The third kappa shape index (κ3) is 4.63. The van der Waals surface area contributed by atoms with Crippen molar-refractivity contribution in [2.45, 2.75) is 70.5 Å². The summed E-state index contributed by atoms with van der Waals surface area (Å²) in [4.78, 5) is 2.40. The lowest BCUT2D eigenvalue weighted by molar-refractivity contribution is -0.170. The molecule has 4 nitrogen and oxygen atoms in total. The molecule has 1 aliphatic heterocycles. The molecule has 26 heavy (non-hydrogen) atoms. The SMILES string of the molecule is C[C@H]1C[C@H](C)CN(C[C@@H](O)COCCOC23CC4CC(CC(C4)C2)C3)C1. The summed E-state index contributed by atoms with van der Waals surface area (Å²) in [6, 6.07) is 0. The molecule has 5 aliphatic rings. The van der Waals surface area contributed by atoms with Crippen molar-refractivity contribution in [1.29, 1.82) is 0 Å². The zero-order valence-corrected chi connectivity index (χ0v) is 16.9. The molecule has 4 heteroatoms. The third-order valence-corrected chi connectivity index (χ3v) is 7.34. The van der Waals surface area contributed by atoms with Gasteiger partial charge in [0.05, 0.1) is 31.5 Å². The summed E-state index contributed by atoms with van der Waals surface area (Å²) >= 11 is 0. The molecule has 0 aromatic rings. The van der Waals surface area contributed by atoms with Crippen LogP contribution in [0.15, 0.2) is 0 Å². The van der Waals surface area contributed by atoms with Crippen LogP contribution in [-0.4, -0.2) is 61.2 Å². The maximum atomic E-state index is 10.3. The van der Waals surface area contributed by atoms with Gasteiger partial charge >= 0.3 is 0 Å². The predicted molar refractivity (Wildman–Crippen MR) is 103 cm³/mol. The first-order valence-electron chi connectivity index (χ1n) is 11.1. The van der Waals surface area contributed by atoms with Gasteiger partial charge in [-0.2, -0.15) is 0 Å². The zero-order valence-electron chi connectivity index (χ0n) is 16.9. The van der Waals surface area contributed by atoms with E-state index in [1.54, 1.807) is 0 Å². The van der Waals surface area contributed by atoms with Crippen LogP contribution in [0.5, 0.6) is 0 Å². The number of β-amino-alcohol motifs (C(OH)–C–C–N with tert-alkyl or cyclic N) is 1. The number of nitrogens with zero attached hydrogens (tertiary/aromatic N) is 1. The fourth-order valence-electron chi connectivity index (χ4n) is 7.04. The summed E-state index contributed by atoms with van der Waals surface area (Å²) < 4.78 is 12.1. The number of rotatable bonds is 8. The van der Waals surface area contributed by atoms with Gasteiger partial charge in [-0.25, -0.2) is 0 Å². The summed E-state index contributed by atoms with van der Waals surface area (Å²) in [7, 11) is 0. The first kappa shape index (κ1) is 19.2. The number of ether oxygens (including phenoxy) is 2. The fourth-order valence-corrected chi connectivity index (χ4v) is 7.04. The maximum Gasteiger partial charge on any atom is 0.0900 e. The van der Waals surface area contributed by atoms with Crippen LogP contribution in [0.4, 0.5) is 0 Å². The second-order valence-electron chi connectivity index (χ2n) is 10.3. The molecule has 0 aromatic heterocycles. The fraction of sp³-hybridized carbons (Fsp3) is 1.00. The summed E-state index contributed by atoms with van der Waals surface area (Å²) in [6.45, 7) is 9.32. The molecule has 0 radical (unpaired) electrons. The Labute approximate surface area is 159 Å². The van der Waals surface area contributed by atoms with Crippen LogP contribution in [0, 0.1) is 29.6 Å². The Hall–Kier alpha value is -0.160. The van der Waals surface area contributed by atoms with E-state index < -0.39 is 0 Å². The second kappa shape index (κ2) is 8.06. The minimum absolute atomic E-state index is 0.177. The van der Waals surface area contributed by atoms with Gasteiger partial charge in [-0.05, 0) is 74.5 Å². The highest BCUT2D eigenvalue weighted by Crippen LogP contribution is 2.57. The van der Waals surface area contributed by atoms with Crippen molar-refractivity contribution in [2.75, 3.05) is 39.5 Å². The summed E-state index contributed by atoms with van der Waals surface area (Å²) in [5.74, 6) is 4.26. The lowest BCUT2D eigenvalue weighted by Gasteiger charge is -2.56. The lowest BCUT2D eigenvalue weighted by Crippen LogP contribution is -2.52. The van der Waals surface area contributed by atoms with Crippen LogP contribution < -0.4 is 0 Å². The van der Waals surface area contributed by atoms with Crippen LogP contribution in [0.1, 0.15) is 58.8 Å². The molecule has 5 fully saturated rings. The van der Waals surface area contributed by atoms with Gasteiger partial charge in [-0.1, -0.05) is 13.8 Å². The number of aliphatic hydroxyl groups is 1. The molecule has 0 amide bonds. The molecule has 150 valence electrons. The molecule has 1 saturated heterocycles. The minimum Gasteiger partial charge on any atom is -0.389 e. The Balaban J connectivity index is 1.11. The Morgan fingerprint density at radius 1 is 0.923 bits per heavy atom. The molecule has 0 unspecified atom stereocenters. The van der Waals surface area contributed by atoms with E-state index in [1.807, 2.05) is 0 Å². The highest BCUT2D eigenvalue weighted by Gasteiger charge is 2.51. The van der Waals surface area contributed by atoms with Crippen LogP contribution >= 0.6 is 0 Å². The number of likely N-dealkylation sites (tertiary alicyclic amines) is 1. The predicted octanol–water partition coefficient (Wildman–Crippen LogP) is 3.33. The lowest BCUT2D eigenvalue weighted by atomic mass is 9.54. The van der Waals surface area contributed by atoms with E-state index in [-0.39, 0.29) is 11.7 Å². The normalized spacial score (nSPS) is 43.7. The molecule has 1 N–H and O–H groups in total. The smallest absolute Gasteiger partial charge is 0.0900 e. The molecule has 4 saturated carbocycles. The Morgan fingerprint density at radius 2 is 1.50 bits per heavy atom. The number of aliphatic hydroxyl groups excluding tert-OH is 1. The van der Waals surface area contributed by atoms with Crippen molar-refractivity contribution in [1.82, 2.24) is 4.90 Å². The van der Waals surface area contributed by atoms with Gasteiger partial charge in [0.2, 0.25) is 0 Å². The van der Waals surface area contributed by atoms with Crippen molar-refractivity contribution >= 4 is 0 Å². The number of hydrogen-bond acceptors (Lipinski definition) is 4. The van der Waals surface area contributed by atoms with Gasteiger partial charge in [0, 0.05) is 19.6 Å². The van der Waals surface area contributed by atoms with Gasteiger partial charge in [0.25, 0.3) is 0 Å². The molecular weight excluding hydrogens is 326 g/mol. The molecule has 1 heterocycles. The molecule has 3 atom stereocenters. The first-order valence-corrected chi connectivity index (χ1v) is 11.1. The minimum atomic E-state index is -0.382. The van der Waals surface area contributed by atoms with Gasteiger partial charge in [0.1, 0.15) is 0 Å². The van der Waals surface area contributed by atoms with Crippen molar-refractivity contribution in [3.63, 3.8) is 0 Å². The highest BCUT2D eigenvalue weighted by molar-refractivity contribution is 5.03. The Morgan fingerprint density at radius 3 is 2.08 bits per heavy atom. The first-order chi connectivity index (χ1) is 12.5. The van der Waals surface area contributed by atoms with Crippen molar-refractivity contribution in [2.24, 2.45) is 29.6 Å². The topological polar surface area (TPSA) is 41.9 Å². The molecule has 0 spiro atoms. The van der Waals surface area contributed by atoms with E-state index in [2.05, 4.69) is 18.7 Å². The third-order valence-electron chi connectivity index (χ3n) is 7.34. The standard InChI is InChI=1S/C22H39NO3/c1-16-5-17(2)13-23(12-16)14-21(24)15-25-3-4-26-22-9-18-6-19(10-22)8-20(7-18)11-22/h16-21,24H,3-15H2,1-2H3/t16-,17-,18?,19?,20?,21+,22?/m0/s1. The van der Waals surface area contributed by atoms with E-state index in [4.69, 9.17) is 9.47 Å². The van der Waals surface area contributed by atoms with E-state index >= 15 is 0 Å². The summed E-state index contributed by atoms with van der Waals surface area (Å²) in [6.07, 6.45) is 9.15. The zero-order chi connectivity index (χ0) is 18.1. The summed E-state index contributed by atoms with van der Waals surface area (Å²) in [5, 5.41) is 10.3. The van der Waals surface area contributed by atoms with Crippen LogP contribution in [0.25, 0.3) is 0 Å². The van der Waals surface area contributed by atoms with Gasteiger partial charge < -0.3 is 19.5 Å². The van der Waals surface area contributed by atoms with Crippen LogP contribution in [-0.2, 0) is 9.47 Å². The van der Waals surface area contributed by atoms with E-state index in [1.165, 1.54) is 44.9 Å². The quantitative estimate of drug-likeness (QED) is 0.670. The summed E-state index contributed by atoms with van der Waals surface area (Å²) in [5.41, 5.74) is 0.177. The molecular formula is C22H39NO3. The van der Waals surface area contributed by atoms with E-state index in [9.17, 15) is 5.11 Å². The molecule has 4 aliphatic carbocycles. The van der Waals surface area contributed by atoms with Crippen molar-refractivity contribution < 1.29 is 14.6 Å². The highest BCUT2D eigenvalue weighted by atomic mass is 16.5. The van der Waals surface area contributed by atoms with Crippen molar-refractivity contribution in [3.8, 4) is 0 Å².